The molecule has 0 radical (unpaired) electrons. The van der Waals surface area contributed by atoms with Crippen molar-refractivity contribution in [2.75, 3.05) is 20.2 Å². The van der Waals surface area contributed by atoms with Crippen LogP contribution in [0.3, 0.4) is 0 Å². The van der Waals surface area contributed by atoms with Gasteiger partial charge in [0.25, 0.3) is 5.91 Å². The summed E-state index contributed by atoms with van der Waals surface area (Å²) in [6.07, 6.45) is 1.99. The zero-order chi connectivity index (χ0) is 11.5. The Kier molecular flexibility index (Phi) is 3.46. The van der Waals surface area contributed by atoms with E-state index in [9.17, 15) is 4.79 Å². The topological polar surface area (TPSA) is 55.6 Å². The number of amides is 1. The van der Waals surface area contributed by atoms with Crippen molar-refractivity contribution in [3.05, 3.63) is 16.3 Å². The summed E-state index contributed by atoms with van der Waals surface area (Å²) < 4.78 is 5.16. The van der Waals surface area contributed by atoms with Crippen molar-refractivity contribution in [2.45, 2.75) is 18.9 Å². The van der Waals surface area contributed by atoms with Gasteiger partial charge < -0.3 is 15.4 Å². The van der Waals surface area contributed by atoms with Gasteiger partial charge in [-0.15, -0.1) is 11.3 Å². The van der Waals surface area contributed by atoms with E-state index in [1.807, 2.05) is 16.3 Å². The maximum absolute atomic E-state index is 12.2. The van der Waals surface area contributed by atoms with Crippen molar-refractivity contribution in [2.24, 2.45) is 5.73 Å². The second-order valence-corrected chi connectivity index (χ2v) is 4.89. The Hall–Kier alpha value is -1.07. The minimum absolute atomic E-state index is 0.0435. The average molecular weight is 240 g/mol. The molecule has 88 valence electrons. The highest BCUT2D eigenvalue weighted by molar-refractivity contribution is 7.12. The number of hydrogen-bond donors (Lipinski definition) is 1. The minimum Gasteiger partial charge on any atom is -0.495 e. The molecule has 1 fully saturated rings. The Morgan fingerprint density at radius 1 is 1.69 bits per heavy atom. The molecule has 16 heavy (non-hydrogen) atoms. The van der Waals surface area contributed by atoms with Crippen molar-refractivity contribution in [3.63, 3.8) is 0 Å². The summed E-state index contributed by atoms with van der Waals surface area (Å²) in [5.74, 6) is 0.705. The molecule has 2 rings (SSSR count). The Bertz CT molecular complexity index is 378. The number of thiophene rings is 1. The van der Waals surface area contributed by atoms with Crippen LogP contribution in [0.5, 0.6) is 5.75 Å². The second-order valence-electron chi connectivity index (χ2n) is 3.97. The molecule has 1 aromatic heterocycles. The van der Waals surface area contributed by atoms with Gasteiger partial charge in [0.15, 0.2) is 0 Å². The first kappa shape index (κ1) is 11.4. The van der Waals surface area contributed by atoms with E-state index in [4.69, 9.17) is 10.5 Å². The summed E-state index contributed by atoms with van der Waals surface area (Å²) in [7, 11) is 1.58. The number of carbonyl (C=O) groups excluding carboxylic acids is 1. The predicted molar refractivity (Wildman–Crippen MR) is 64.0 cm³/mol. The van der Waals surface area contributed by atoms with Gasteiger partial charge in [0, 0.05) is 19.1 Å². The Morgan fingerprint density at radius 3 is 3.19 bits per heavy atom. The van der Waals surface area contributed by atoms with Gasteiger partial charge in [0.05, 0.1) is 7.11 Å². The molecule has 1 aliphatic rings. The van der Waals surface area contributed by atoms with Gasteiger partial charge in [0.1, 0.15) is 10.6 Å². The zero-order valence-corrected chi connectivity index (χ0v) is 10.1. The molecule has 2 N–H and O–H groups in total. The van der Waals surface area contributed by atoms with Crippen molar-refractivity contribution in [1.82, 2.24) is 4.90 Å². The molecule has 0 saturated carbocycles. The highest BCUT2D eigenvalue weighted by Gasteiger charge is 2.25. The molecule has 0 spiro atoms. The highest BCUT2D eigenvalue weighted by Crippen LogP contribution is 2.26. The van der Waals surface area contributed by atoms with Crippen LogP contribution in [0.25, 0.3) is 0 Å². The molecule has 1 amide bonds. The molecule has 1 atom stereocenters. The largest absolute Gasteiger partial charge is 0.495 e. The van der Waals surface area contributed by atoms with E-state index in [0.717, 1.165) is 19.4 Å². The van der Waals surface area contributed by atoms with Crippen LogP contribution < -0.4 is 10.5 Å². The van der Waals surface area contributed by atoms with E-state index in [2.05, 4.69) is 0 Å². The number of nitrogens with zero attached hydrogens (tertiary/aromatic N) is 1. The van der Waals surface area contributed by atoms with Crippen LogP contribution in [0, 0.1) is 0 Å². The third kappa shape index (κ3) is 2.20. The van der Waals surface area contributed by atoms with E-state index < -0.39 is 0 Å². The molecule has 1 aliphatic heterocycles. The molecular weight excluding hydrogens is 224 g/mol. The van der Waals surface area contributed by atoms with Crippen LogP contribution in [0.1, 0.15) is 22.5 Å². The number of nitrogens with two attached hydrogens (primary N) is 1. The molecular formula is C11H16N2O2S. The first-order valence-corrected chi connectivity index (χ1v) is 6.26. The molecule has 1 saturated heterocycles. The third-order valence-corrected chi connectivity index (χ3v) is 3.67. The van der Waals surface area contributed by atoms with Crippen molar-refractivity contribution < 1.29 is 9.53 Å². The molecule has 5 heteroatoms. The molecule has 0 bridgehead atoms. The van der Waals surface area contributed by atoms with Gasteiger partial charge in [0.2, 0.25) is 0 Å². The van der Waals surface area contributed by atoms with Gasteiger partial charge in [-0.25, -0.2) is 0 Å². The lowest BCUT2D eigenvalue weighted by atomic mass is 10.1. The van der Waals surface area contributed by atoms with Crippen LogP contribution in [0.2, 0.25) is 0 Å². The maximum Gasteiger partial charge on any atom is 0.267 e. The van der Waals surface area contributed by atoms with Gasteiger partial charge in [-0.2, -0.15) is 0 Å². The van der Waals surface area contributed by atoms with E-state index in [1.165, 1.54) is 11.3 Å². The number of methoxy groups -OCH3 is 1. The van der Waals surface area contributed by atoms with E-state index >= 15 is 0 Å². The van der Waals surface area contributed by atoms with Crippen LogP contribution in [-0.4, -0.2) is 37.0 Å². The Labute approximate surface area is 99.0 Å². The van der Waals surface area contributed by atoms with Gasteiger partial charge in [-0.1, -0.05) is 0 Å². The number of carbonyl (C=O) groups is 1. The number of hydrogen-bond acceptors (Lipinski definition) is 4. The monoisotopic (exact) mass is 240 g/mol. The van der Waals surface area contributed by atoms with E-state index in [1.54, 1.807) is 7.11 Å². The average Bonchev–Trinajstić information content (AvgIpc) is 2.76. The SMILES string of the molecule is COc1ccsc1C(=O)N1CCC[C@@H](N)C1. The number of rotatable bonds is 2. The standard InChI is InChI=1S/C11H16N2O2S/c1-15-9-4-6-16-10(9)11(14)13-5-2-3-8(12)7-13/h4,6,8H,2-3,5,7,12H2,1H3/t8-/m1/s1. The smallest absolute Gasteiger partial charge is 0.267 e. The van der Waals surface area contributed by atoms with Crippen LogP contribution >= 0.6 is 11.3 Å². The summed E-state index contributed by atoms with van der Waals surface area (Å²) in [6, 6.07) is 1.94. The maximum atomic E-state index is 12.2. The summed E-state index contributed by atoms with van der Waals surface area (Å²) in [6.45, 7) is 1.45. The lowest BCUT2D eigenvalue weighted by molar-refractivity contribution is 0.0710. The number of likely N-dealkylation sites (tertiary alicyclic amines) is 1. The fourth-order valence-electron chi connectivity index (χ4n) is 1.95. The minimum atomic E-state index is 0.0435. The lowest BCUT2D eigenvalue weighted by Gasteiger charge is -2.30. The molecule has 0 aromatic carbocycles. The molecule has 2 heterocycles. The molecule has 0 unspecified atom stereocenters. The van der Waals surface area contributed by atoms with Crippen molar-refractivity contribution in [3.8, 4) is 5.75 Å². The van der Waals surface area contributed by atoms with Crippen molar-refractivity contribution in [1.29, 1.82) is 0 Å². The highest BCUT2D eigenvalue weighted by atomic mass is 32.1. The zero-order valence-electron chi connectivity index (χ0n) is 9.31. The second kappa shape index (κ2) is 4.84. The summed E-state index contributed by atoms with van der Waals surface area (Å²) in [5, 5.41) is 1.87. The van der Waals surface area contributed by atoms with Crippen LogP contribution in [-0.2, 0) is 0 Å². The lowest BCUT2D eigenvalue weighted by Crippen LogP contribution is -2.45. The van der Waals surface area contributed by atoms with Crippen LogP contribution in [0.15, 0.2) is 11.4 Å². The van der Waals surface area contributed by atoms with Crippen molar-refractivity contribution >= 4 is 17.2 Å². The fraction of sp³-hybridized carbons (Fsp3) is 0.545. The predicted octanol–water partition coefficient (Wildman–Crippen LogP) is 1.32. The fourth-order valence-corrected chi connectivity index (χ4v) is 2.78. The van der Waals surface area contributed by atoms with Gasteiger partial charge in [-0.3, -0.25) is 4.79 Å². The molecule has 0 aliphatic carbocycles. The molecule has 1 aromatic rings. The first-order valence-electron chi connectivity index (χ1n) is 5.38. The first-order chi connectivity index (χ1) is 7.72. The van der Waals surface area contributed by atoms with Crippen LogP contribution in [0.4, 0.5) is 0 Å². The summed E-state index contributed by atoms with van der Waals surface area (Å²) in [4.78, 5) is 14.7. The molecule has 4 nitrogen and oxygen atoms in total. The quantitative estimate of drug-likeness (QED) is 0.848. The Balaban J connectivity index is 2.12. The number of ether oxygens (including phenoxy) is 1. The normalized spacial score (nSPS) is 20.9. The third-order valence-electron chi connectivity index (χ3n) is 2.79. The Morgan fingerprint density at radius 2 is 2.50 bits per heavy atom. The van der Waals surface area contributed by atoms with Gasteiger partial charge >= 0.3 is 0 Å². The van der Waals surface area contributed by atoms with E-state index in [0.29, 0.717) is 17.2 Å². The van der Waals surface area contributed by atoms with E-state index in [-0.39, 0.29) is 11.9 Å². The summed E-state index contributed by atoms with van der Waals surface area (Å²) in [5.41, 5.74) is 5.87. The van der Waals surface area contributed by atoms with Gasteiger partial charge in [-0.05, 0) is 24.3 Å². The summed E-state index contributed by atoms with van der Waals surface area (Å²) >= 11 is 1.42. The number of piperidine rings is 1.